The smallest absolute Gasteiger partial charge is 0.123 e. The van der Waals surface area contributed by atoms with Crippen LogP contribution >= 0.6 is 11.6 Å². The standard InChI is InChI=1S/C32H26ClFN8/c33-27-16-24(38-31(21-8-10-23(34)11-9-21)29-19-42(41-40-29)25-12-13-25)15-26-30(22(17-36)18-37-32(26)27)39-28(7-4-14-35)20-5-2-1-3-6-20/h1-3,5-6,8-11,15-16,18-19,25,28,31,38H,4,7,12-13H2,(H,37,39)/t28-,31-/m1/s1/i31D. The van der Waals surface area contributed by atoms with E-state index in [1.807, 2.05) is 30.3 Å². The summed E-state index contributed by atoms with van der Waals surface area (Å²) in [5.74, 6) is -0.420. The lowest BCUT2D eigenvalue weighted by molar-refractivity contribution is 0.610. The first kappa shape index (κ1) is 25.9. The summed E-state index contributed by atoms with van der Waals surface area (Å²) in [6.45, 7) is 0. The minimum atomic E-state index is -1.65. The van der Waals surface area contributed by atoms with Crippen molar-refractivity contribution in [1.82, 2.24) is 20.0 Å². The van der Waals surface area contributed by atoms with Crippen molar-refractivity contribution < 1.29 is 5.76 Å². The molecule has 1 saturated carbocycles. The highest BCUT2D eigenvalue weighted by atomic mass is 35.5. The molecule has 2 aromatic heterocycles. The van der Waals surface area contributed by atoms with Crippen LogP contribution in [0.15, 0.2) is 79.1 Å². The number of nitrogens with one attached hydrogen (secondary N) is 2. The number of pyridine rings is 1. The molecule has 8 nitrogen and oxygen atoms in total. The first-order chi connectivity index (χ1) is 20.9. The van der Waals surface area contributed by atoms with Gasteiger partial charge in [-0.3, -0.25) is 4.98 Å². The van der Waals surface area contributed by atoms with Crippen LogP contribution in [-0.2, 0) is 0 Å². The molecule has 6 rings (SSSR count). The highest BCUT2D eigenvalue weighted by Crippen LogP contribution is 2.38. The van der Waals surface area contributed by atoms with Gasteiger partial charge in [-0.25, -0.2) is 9.07 Å². The van der Waals surface area contributed by atoms with Gasteiger partial charge in [0.25, 0.3) is 0 Å². The van der Waals surface area contributed by atoms with Crippen LogP contribution in [0, 0.1) is 28.5 Å². The van der Waals surface area contributed by atoms with Crippen molar-refractivity contribution in [3.05, 3.63) is 112 Å². The van der Waals surface area contributed by atoms with Crippen molar-refractivity contribution in [2.75, 3.05) is 10.6 Å². The number of benzene rings is 3. The van der Waals surface area contributed by atoms with Gasteiger partial charge >= 0.3 is 0 Å². The molecule has 1 aliphatic rings. The normalized spacial score (nSPS) is 15.2. The number of hydrogen-bond acceptors (Lipinski definition) is 7. The van der Waals surface area contributed by atoms with E-state index in [0.29, 0.717) is 57.0 Å². The zero-order valence-electron chi connectivity index (χ0n) is 23.4. The van der Waals surface area contributed by atoms with E-state index in [-0.39, 0.29) is 12.1 Å². The molecule has 0 unspecified atom stereocenters. The summed E-state index contributed by atoms with van der Waals surface area (Å²) in [7, 11) is 0. The van der Waals surface area contributed by atoms with Crippen molar-refractivity contribution in [2.24, 2.45) is 0 Å². The van der Waals surface area contributed by atoms with Gasteiger partial charge in [0, 0.05) is 23.7 Å². The number of halogens is 2. The molecule has 2 heterocycles. The molecule has 0 aliphatic heterocycles. The van der Waals surface area contributed by atoms with Crippen molar-refractivity contribution in [2.45, 2.75) is 43.8 Å². The highest BCUT2D eigenvalue weighted by molar-refractivity contribution is 6.35. The molecule has 5 aromatic rings. The summed E-state index contributed by atoms with van der Waals surface area (Å²) >= 11 is 6.76. The molecule has 1 aliphatic carbocycles. The Kier molecular flexibility index (Phi) is 7.32. The minimum absolute atomic E-state index is 0.261. The fraction of sp³-hybridized carbons (Fsp3) is 0.219. The summed E-state index contributed by atoms with van der Waals surface area (Å²) < 4.78 is 25.2. The zero-order valence-corrected chi connectivity index (χ0v) is 23.2. The third kappa shape index (κ3) is 5.74. The Morgan fingerprint density at radius 2 is 1.86 bits per heavy atom. The number of aromatic nitrogens is 4. The third-order valence-electron chi connectivity index (χ3n) is 7.20. The molecule has 2 N–H and O–H groups in total. The highest BCUT2D eigenvalue weighted by Gasteiger charge is 2.27. The average molecular weight is 578 g/mol. The Morgan fingerprint density at radius 3 is 2.57 bits per heavy atom. The Labute approximate surface area is 248 Å². The molecule has 0 saturated heterocycles. The fourth-order valence-corrected chi connectivity index (χ4v) is 5.18. The maximum Gasteiger partial charge on any atom is 0.123 e. The first-order valence-electron chi connectivity index (χ1n) is 14.1. The number of fused-ring (bicyclic) bond motifs is 1. The Hall–Kier alpha value is -4.99. The second kappa shape index (κ2) is 11.9. The van der Waals surface area contributed by atoms with E-state index in [0.717, 1.165) is 18.4 Å². The van der Waals surface area contributed by atoms with Gasteiger partial charge in [-0.1, -0.05) is 59.3 Å². The molecule has 3 aromatic carbocycles. The molecule has 2 atom stereocenters. The molecular weight excluding hydrogens is 551 g/mol. The van der Waals surface area contributed by atoms with Crippen LogP contribution in [0.4, 0.5) is 15.8 Å². The number of anilines is 2. The van der Waals surface area contributed by atoms with Gasteiger partial charge in [-0.05, 0) is 54.7 Å². The molecule has 0 amide bonds. The fourth-order valence-electron chi connectivity index (χ4n) is 4.92. The molecule has 0 spiro atoms. The van der Waals surface area contributed by atoms with Gasteiger partial charge in [0.05, 0.1) is 53.5 Å². The van der Waals surface area contributed by atoms with Crippen LogP contribution in [0.5, 0.6) is 0 Å². The van der Waals surface area contributed by atoms with E-state index in [1.165, 1.54) is 30.5 Å². The predicted octanol–water partition coefficient (Wildman–Crippen LogP) is 7.48. The third-order valence-corrected chi connectivity index (χ3v) is 7.49. The maximum atomic E-state index is 13.9. The van der Waals surface area contributed by atoms with Gasteiger partial charge in [0.15, 0.2) is 0 Å². The lowest BCUT2D eigenvalue weighted by Crippen LogP contribution is -2.14. The SMILES string of the molecule is [2H][C@@](Nc1cc(Cl)c2ncc(C#N)c(N[C@H](CCC#N)c3ccccc3)c2c1)(c1ccc(F)cc1)c1cn(C2CC2)nn1. The summed E-state index contributed by atoms with van der Waals surface area (Å²) in [4.78, 5) is 4.46. The van der Waals surface area contributed by atoms with Gasteiger partial charge in [0.1, 0.15) is 17.6 Å². The van der Waals surface area contributed by atoms with E-state index in [2.05, 4.69) is 38.1 Å². The van der Waals surface area contributed by atoms with E-state index < -0.39 is 11.8 Å². The largest absolute Gasteiger partial charge is 0.377 e. The number of nitrogens with zero attached hydrogens (tertiary/aromatic N) is 6. The van der Waals surface area contributed by atoms with Crippen molar-refractivity contribution >= 4 is 33.9 Å². The van der Waals surface area contributed by atoms with Gasteiger partial charge in [-0.2, -0.15) is 10.5 Å². The van der Waals surface area contributed by atoms with Crippen molar-refractivity contribution in [1.29, 1.82) is 10.5 Å². The van der Waals surface area contributed by atoms with Gasteiger partial charge < -0.3 is 10.6 Å². The first-order valence-corrected chi connectivity index (χ1v) is 13.9. The Morgan fingerprint density at radius 1 is 1.07 bits per heavy atom. The van der Waals surface area contributed by atoms with Crippen LogP contribution in [-0.4, -0.2) is 20.0 Å². The van der Waals surface area contributed by atoms with Crippen molar-refractivity contribution in [3.63, 3.8) is 0 Å². The molecule has 208 valence electrons. The van der Waals surface area contributed by atoms with Crippen molar-refractivity contribution in [3.8, 4) is 12.1 Å². The average Bonchev–Trinajstić information content (AvgIpc) is 3.75. The Bertz CT molecular complexity index is 1860. The number of rotatable bonds is 10. The van der Waals surface area contributed by atoms with Crippen LogP contribution in [0.25, 0.3) is 10.9 Å². The van der Waals surface area contributed by atoms with E-state index >= 15 is 0 Å². The quantitative estimate of drug-likeness (QED) is 0.177. The second-order valence-electron chi connectivity index (χ2n) is 10.1. The minimum Gasteiger partial charge on any atom is -0.377 e. The lowest BCUT2D eigenvalue weighted by Gasteiger charge is -2.23. The van der Waals surface area contributed by atoms with E-state index in [1.54, 1.807) is 23.0 Å². The predicted molar refractivity (Wildman–Crippen MR) is 159 cm³/mol. The molecule has 42 heavy (non-hydrogen) atoms. The van der Waals surface area contributed by atoms with Crippen LogP contribution < -0.4 is 10.6 Å². The van der Waals surface area contributed by atoms with E-state index in [4.69, 9.17) is 11.6 Å². The maximum absolute atomic E-state index is 13.9. The molecule has 0 bridgehead atoms. The molecular formula is C32H26ClFN8. The molecule has 0 radical (unpaired) electrons. The summed E-state index contributed by atoms with van der Waals surface area (Å²) in [5.41, 5.74) is 3.51. The topological polar surface area (TPSA) is 115 Å². The summed E-state index contributed by atoms with van der Waals surface area (Å²) in [6.07, 6.45) is 6.04. The summed E-state index contributed by atoms with van der Waals surface area (Å²) in [5, 5.41) is 35.5. The molecule has 10 heteroatoms. The Balaban J connectivity index is 1.45. The lowest BCUT2D eigenvalue weighted by atomic mass is 10.00. The van der Waals surface area contributed by atoms with Crippen LogP contribution in [0.3, 0.4) is 0 Å². The van der Waals surface area contributed by atoms with E-state index in [9.17, 15) is 16.3 Å². The number of nitriles is 2. The monoisotopic (exact) mass is 577 g/mol. The van der Waals surface area contributed by atoms with Crippen LogP contribution in [0.1, 0.15) is 67.5 Å². The van der Waals surface area contributed by atoms with Crippen LogP contribution in [0.2, 0.25) is 5.02 Å². The van der Waals surface area contributed by atoms with Gasteiger partial charge in [-0.15, -0.1) is 5.10 Å². The second-order valence-corrected chi connectivity index (χ2v) is 10.5. The zero-order chi connectivity index (χ0) is 30.0. The van der Waals surface area contributed by atoms with Gasteiger partial charge in [0.2, 0.25) is 0 Å². The molecule has 1 fully saturated rings. The number of hydrogen-bond donors (Lipinski definition) is 2. The summed E-state index contributed by atoms with van der Waals surface area (Å²) in [6, 6.07) is 21.6.